The quantitative estimate of drug-likeness (QED) is 0.481. The number of benzene rings is 3. The van der Waals surface area contributed by atoms with Crippen LogP contribution in [0.25, 0.3) is 0 Å². The summed E-state index contributed by atoms with van der Waals surface area (Å²) in [5.41, 5.74) is 1.42. The van der Waals surface area contributed by atoms with Gasteiger partial charge in [-0.1, -0.05) is 42.5 Å². The number of hydrogen-bond acceptors (Lipinski definition) is 4. The van der Waals surface area contributed by atoms with Crippen molar-refractivity contribution in [3.8, 4) is 5.75 Å². The van der Waals surface area contributed by atoms with Crippen LogP contribution in [0.4, 0.5) is 14.5 Å². The van der Waals surface area contributed by atoms with Gasteiger partial charge in [-0.05, 0) is 48.7 Å². The van der Waals surface area contributed by atoms with Crippen LogP contribution in [0.5, 0.6) is 5.75 Å². The van der Waals surface area contributed by atoms with Crippen LogP contribution in [0.15, 0.2) is 84.1 Å². The predicted octanol–water partition coefficient (Wildman–Crippen LogP) is 5.47. The van der Waals surface area contributed by atoms with E-state index < -0.39 is 35.1 Å². The van der Waals surface area contributed by atoms with Gasteiger partial charge in [0.15, 0.2) is 23.2 Å². The number of carbonyl (C=O) groups is 2. The van der Waals surface area contributed by atoms with Gasteiger partial charge >= 0.3 is 0 Å². The van der Waals surface area contributed by atoms with Crippen molar-refractivity contribution in [2.45, 2.75) is 25.8 Å². The van der Waals surface area contributed by atoms with Gasteiger partial charge in [-0.3, -0.25) is 14.5 Å². The van der Waals surface area contributed by atoms with Crippen LogP contribution >= 0.6 is 0 Å². The van der Waals surface area contributed by atoms with E-state index in [1.54, 1.807) is 24.3 Å². The number of aryl methyl sites for hydroxylation is 1. The second-order valence-corrected chi connectivity index (χ2v) is 7.85. The van der Waals surface area contributed by atoms with Crippen LogP contribution in [-0.4, -0.2) is 23.4 Å². The highest BCUT2D eigenvalue weighted by Gasteiger charge is 2.44. The molecular formula is C27H23F2NO4. The number of amides is 1. The molecule has 0 saturated carbocycles. The zero-order valence-corrected chi connectivity index (χ0v) is 18.5. The number of hydrogen-bond donors (Lipinski definition) is 1. The number of halogens is 2. The second-order valence-electron chi connectivity index (χ2n) is 7.85. The Kier molecular flexibility index (Phi) is 6.72. The van der Waals surface area contributed by atoms with Gasteiger partial charge in [0.25, 0.3) is 5.91 Å². The first-order valence-corrected chi connectivity index (χ1v) is 10.9. The van der Waals surface area contributed by atoms with Gasteiger partial charge in [0, 0.05) is 18.2 Å². The molecule has 0 bridgehead atoms. The highest BCUT2D eigenvalue weighted by molar-refractivity contribution is 6.16. The SMILES string of the molecule is CCOc1ccc(C2C(C(=O)CCc3ccccc3)=C(O)C(=O)N2c2ccc(F)c(F)c2)cc1. The topological polar surface area (TPSA) is 66.8 Å². The molecule has 0 spiro atoms. The lowest BCUT2D eigenvalue weighted by atomic mass is 9.93. The fourth-order valence-electron chi connectivity index (χ4n) is 4.06. The van der Waals surface area contributed by atoms with E-state index in [0.29, 0.717) is 24.3 Å². The standard InChI is InChI=1S/C27H23F2NO4/c1-2-34-20-12-9-18(10-13-20)25-24(23(31)15-8-17-6-4-3-5-7-17)26(32)27(33)30(25)19-11-14-21(28)22(29)16-19/h3-7,9-14,16,25,32H,2,8,15H2,1H3. The summed E-state index contributed by atoms with van der Waals surface area (Å²) in [7, 11) is 0. The van der Waals surface area contributed by atoms with E-state index >= 15 is 0 Å². The van der Waals surface area contributed by atoms with E-state index in [0.717, 1.165) is 22.6 Å². The number of rotatable bonds is 8. The Morgan fingerprint density at radius 2 is 1.71 bits per heavy atom. The fourth-order valence-corrected chi connectivity index (χ4v) is 4.06. The maximum absolute atomic E-state index is 14.0. The predicted molar refractivity (Wildman–Crippen MR) is 124 cm³/mol. The maximum Gasteiger partial charge on any atom is 0.294 e. The van der Waals surface area contributed by atoms with Crippen molar-refractivity contribution in [2.24, 2.45) is 0 Å². The largest absolute Gasteiger partial charge is 0.503 e. The number of anilines is 1. The summed E-state index contributed by atoms with van der Waals surface area (Å²) in [5, 5.41) is 10.7. The molecule has 1 heterocycles. The van der Waals surface area contributed by atoms with Crippen molar-refractivity contribution in [3.63, 3.8) is 0 Å². The summed E-state index contributed by atoms with van der Waals surface area (Å²) >= 11 is 0. The average molecular weight is 463 g/mol. The Labute approximate surface area is 195 Å². The summed E-state index contributed by atoms with van der Waals surface area (Å²) in [6.07, 6.45) is 0.488. The minimum Gasteiger partial charge on any atom is -0.503 e. The van der Waals surface area contributed by atoms with E-state index in [9.17, 15) is 23.5 Å². The molecule has 1 aliphatic rings. The lowest BCUT2D eigenvalue weighted by Crippen LogP contribution is -2.31. The lowest BCUT2D eigenvalue weighted by Gasteiger charge is -2.27. The Balaban J connectivity index is 1.73. The third-order valence-electron chi connectivity index (χ3n) is 5.68. The van der Waals surface area contributed by atoms with Gasteiger partial charge in [-0.2, -0.15) is 0 Å². The maximum atomic E-state index is 14.0. The molecule has 3 aromatic rings. The summed E-state index contributed by atoms with van der Waals surface area (Å²) in [4.78, 5) is 27.5. The molecular weight excluding hydrogens is 440 g/mol. The number of carbonyl (C=O) groups excluding carboxylic acids is 2. The highest BCUT2D eigenvalue weighted by Crippen LogP contribution is 2.42. The summed E-state index contributed by atoms with van der Waals surface area (Å²) in [6.45, 7) is 2.31. The van der Waals surface area contributed by atoms with Crippen molar-refractivity contribution in [3.05, 3.63) is 107 Å². The molecule has 7 heteroatoms. The monoisotopic (exact) mass is 463 g/mol. The zero-order chi connectivity index (χ0) is 24.2. The molecule has 1 unspecified atom stereocenters. The van der Waals surface area contributed by atoms with Gasteiger partial charge < -0.3 is 9.84 Å². The van der Waals surface area contributed by atoms with Crippen molar-refractivity contribution < 1.29 is 28.2 Å². The minimum atomic E-state index is -1.14. The number of Topliss-reactive ketones (excluding diaryl/α,β-unsaturated/α-hetero) is 1. The Morgan fingerprint density at radius 1 is 1.00 bits per heavy atom. The van der Waals surface area contributed by atoms with E-state index in [4.69, 9.17) is 4.74 Å². The molecule has 0 saturated heterocycles. The Hall–Kier alpha value is -4.00. The fraction of sp³-hybridized carbons (Fsp3) is 0.185. The van der Waals surface area contributed by atoms with E-state index in [-0.39, 0.29) is 17.7 Å². The molecule has 0 fully saturated rings. The third kappa shape index (κ3) is 4.55. The van der Waals surface area contributed by atoms with Gasteiger partial charge in [-0.25, -0.2) is 8.78 Å². The second kappa shape index (κ2) is 9.87. The third-order valence-corrected chi connectivity index (χ3v) is 5.68. The zero-order valence-electron chi connectivity index (χ0n) is 18.5. The first kappa shape index (κ1) is 23.2. The molecule has 1 amide bonds. The lowest BCUT2D eigenvalue weighted by molar-refractivity contribution is -0.118. The van der Waals surface area contributed by atoms with Crippen LogP contribution in [0.2, 0.25) is 0 Å². The Bertz CT molecular complexity index is 1240. The molecule has 0 aromatic heterocycles. The molecule has 0 aliphatic carbocycles. The molecule has 1 atom stereocenters. The van der Waals surface area contributed by atoms with Gasteiger partial charge in [0.05, 0.1) is 18.2 Å². The minimum absolute atomic E-state index is 0.0280. The van der Waals surface area contributed by atoms with Crippen molar-refractivity contribution in [2.75, 3.05) is 11.5 Å². The van der Waals surface area contributed by atoms with Crippen LogP contribution < -0.4 is 9.64 Å². The van der Waals surface area contributed by atoms with E-state index in [1.165, 1.54) is 6.07 Å². The first-order valence-electron chi connectivity index (χ1n) is 10.9. The molecule has 1 aliphatic heterocycles. The molecule has 4 rings (SSSR count). The molecule has 174 valence electrons. The molecule has 34 heavy (non-hydrogen) atoms. The number of ether oxygens (including phenoxy) is 1. The molecule has 0 radical (unpaired) electrons. The normalized spacial score (nSPS) is 15.7. The first-order chi connectivity index (χ1) is 16.4. The molecule has 3 aromatic carbocycles. The van der Waals surface area contributed by atoms with Gasteiger partial charge in [-0.15, -0.1) is 0 Å². The Morgan fingerprint density at radius 3 is 2.35 bits per heavy atom. The van der Waals surface area contributed by atoms with Crippen LogP contribution in [0.1, 0.15) is 30.5 Å². The smallest absolute Gasteiger partial charge is 0.294 e. The van der Waals surface area contributed by atoms with Crippen molar-refractivity contribution >= 4 is 17.4 Å². The van der Waals surface area contributed by atoms with Crippen molar-refractivity contribution in [1.29, 1.82) is 0 Å². The number of nitrogens with zero attached hydrogens (tertiary/aromatic N) is 1. The van der Waals surface area contributed by atoms with Crippen LogP contribution in [0, 0.1) is 11.6 Å². The summed E-state index contributed by atoms with van der Waals surface area (Å²) < 4.78 is 33.0. The molecule has 1 N–H and O–H groups in total. The van der Waals surface area contributed by atoms with Crippen LogP contribution in [0.3, 0.4) is 0 Å². The van der Waals surface area contributed by atoms with Gasteiger partial charge in [0.1, 0.15) is 5.75 Å². The highest BCUT2D eigenvalue weighted by atomic mass is 19.2. The van der Waals surface area contributed by atoms with E-state index in [2.05, 4.69) is 0 Å². The average Bonchev–Trinajstić information content (AvgIpc) is 3.11. The summed E-state index contributed by atoms with van der Waals surface area (Å²) in [5.74, 6) is -3.56. The number of aliphatic hydroxyl groups excluding tert-OH is 1. The van der Waals surface area contributed by atoms with Crippen LogP contribution in [-0.2, 0) is 16.0 Å². The van der Waals surface area contributed by atoms with Gasteiger partial charge in [0.2, 0.25) is 0 Å². The molecule has 5 nitrogen and oxygen atoms in total. The number of ketones is 1. The number of aliphatic hydroxyl groups is 1. The van der Waals surface area contributed by atoms with E-state index in [1.807, 2.05) is 37.3 Å². The summed E-state index contributed by atoms with van der Waals surface area (Å²) in [6, 6.07) is 18.1. The van der Waals surface area contributed by atoms with Crippen molar-refractivity contribution in [1.82, 2.24) is 0 Å².